The molecule has 1 aromatic heterocycles. The highest BCUT2D eigenvalue weighted by Gasteiger charge is 2.14. The zero-order valence-corrected chi connectivity index (χ0v) is 16.0. The molecule has 0 atom stereocenters. The molecule has 0 spiro atoms. The van der Waals surface area contributed by atoms with Crippen LogP contribution in [-0.4, -0.2) is 10.9 Å². The van der Waals surface area contributed by atoms with Crippen molar-refractivity contribution in [2.24, 2.45) is 0 Å². The van der Waals surface area contributed by atoms with Crippen molar-refractivity contribution in [3.05, 3.63) is 75.2 Å². The fraction of sp³-hybridized carbons (Fsp3) is 0.0526. The van der Waals surface area contributed by atoms with Gasteiger partial charge in [-0.25, -0.2) is 4.98 Å². The molecule has 0 aliphatic heterocycles. The van der Waals surface area contributed by atoms with E-state index in [0.29, 0.717) is 17.2 Å². The quantitative estimate of drug-likeness (QED) is 0.432. The van der Waals surface area contributed by atoms with Crippen LogP contribution in [0.3, 0.4) is 0 Å². The molecule has 5 nitrogen and oxygen atoms in total. The molecule has 2 aromatic carbocycles. The summed E-state index contributed by atoms with van der Waals surface area (Å²) >= 11 is 2.20. The highest BCUT2D eigenvalue weighted by atomic mass is 127. The molecule has 3 aromatic rings. The smallest absolute Gasteiger partial charge is 0.259 e. The molecule has 0 saturated heterocycles. The van der Waals surface area contributed by atoms with Crippen LogP contribution in [0.5, 0.6) is 11.5 Å². The average molecular weight is 463 g/mol. The predicted octanol–water partition coefficient (Wildman–Crippen LogP) is 4.76. The van der Waals surface area contributed by atoms with E-state index in [1.165, 1.54) is 13.0 Å². The minimum atomic E-state index is -0.688. The van der Waals surface area contributed by atoms with Crippen LogP contribution in [0.1, 0.15) is 15.9 Å². The van der Waals surface area contributed by atoms with Gasteiger partial charge in [-0.3, -0.25) is 4.79 Å². The maximum Gasteiger partial charge on any atom is 0.259 e. The Morgan fingerprint density at radius 2 is 1.85 bits per heavy atom. The highest BCUT2D eigenvalue weighted by molar-refractivity contribution is 14.1. The molecule has 0 aliphatic carbocycles. The molecule has 132 valence electrons. The lowest BCUT2D eigenvalue weighted by atomic mass is 10.1. The second-order valence-electron chi connectivity index (χ2n) is 5.57. The van der Waals surface area contributed by atoms with Crippen molar-refractivity contribution >= 4 is 40.0 Å². The monoisotopic (exact) mass is 463 g/mol. The Labute approximate surface area is 163 Å². The number of ether oxygens (including phenoxy) is 1. The maximum atomic E-state index is 13.4. The number of nitrogen functional groups attached to an aromatic ring is 1. The Kier molecular flexibility index (Phi) is 5.36. The van der Waals surface area contributed by atoms with Crippen molar-refractivity contribution in [1.82, 2.24) is 4.98 Å². The van der Waals surface area contributed by atoms with Crippen molar-refractivity contribution in [3.63, 3.8) is 0 Å². The fourth-order valence-electron chi connectivity index (χ4n) is 2.29. The first kappa shape index (κ1) is 18.1. The first-order valence-electron chi connectivity index (χ1n) is 7.70. The third kappa shape index (κ3) is 4.29. The minimum Gasteiger partial charge on any atom is -0.457 e. The average Bonchev–Trinajstić information content (AvgIpc) is 2.58. The van der Waals surface area contributed by atoms with Gasteiger partial charge in [0.25, 0.3) is 5.91 Å². The summed E-state index contributed by atoms with van der Waals surface area (Å²) in [5.74, 6) is -0.0394. The molecule has 26 heavy (non-hydrogen) atoms. The van der Waals surface area contributed by atoms with Crippen molar-refractivity contribution in [3.8, 4) is 11.5 Å². The number of halogens is 2. The van der Waals surface area contributed by atoms with E-state index in [1.807, 2.05) is 24.3 Å². The van der Waals surface area contributed by atoms with E-state index in [4.69, 9.17) is 10.5 Å². The van der Waals surface area contributed by atoms with Crippen molar-refractivity contribution in [2.75, 3.05) is 11.1 Å². The van der Waals surface area contributed by atoms with Crippen molar-refractivity contribution < 1.29 is 13.9 Å². The number of rotatable bonds is 4. The molecular formula is C19H15FIN3O2. The number of aryl methyl sites for hydroxylation is 1. The first-order valence-corrected chi connectivity index (χ1v) is 8.78. The number of hydrogen-bond acceptors (Lipinski definition) is 4. The maximum absolute atomic E-state index is 13.4. The van der Waals surface area contributed by atoms with E-state index in [0.717, 1.165) is 3.57 Å². The Hall–Kier alpha value is -2.68. The minimum absolute atomic E-state index is 0.118. The van der Waals surface area contributed by atoms with Gasteiger partial charge in [-0.1, -0.05) is 12.1 Å². The van der Waals surface area contributed by atoms with Gasteiger partial charge in [0.05, 0.1) is 5.56 Å². The van der Waals surface area contributed by atoms with E-state index >= 15 is 0 Å². The molecule has 0 unspecified atom stereocenters. The van der Waals surface area contributed by atoms with Gasteiger partial charge in [0.2, 0.25) is 5.95 Å². The van der Waals surface area contributed by atoms with Gasteiger partial charge in [-0.15, -0.1) is 0 Å². The summed E-state index contributed by atoms with van der Waals surface area (Å²) < 4.78 is 20.3. The number of nitrogens with zero attached hydrogens (tertiary/aromatic N) is 1. The van der Waals surface area contributed by atoms with Crippen molar-refractivity contribution in [1.29, 1.82) is 0 Å². The Bertz CT molecular complexity index is 979. The number of benzene rings is 2. The second-order valence-corrected chi connectivity index (χ2v) is 6.82. The number of carbonyl (C=O) groups excluding carboxylic acids is 1. The van der Waals surface area contributed by atoms with E-state index in [1.54, 1.807) is 24.3 Å². The third-order valence-corrected chi connectivity index (χ3v) is 4.22. The molecule has 0 aliphatic rings. The van der Waals surface area contributed by atoms with Gasteiger partial charge in [-0.05, 0) is 65.9 Å². The summed E-state index contributed by atoms with van der Waals surface area (Å²) in [5, 5.41) is 2.72. The van der Waals surface area contributed by atoms with Gasteiger partial charge >= 0.3 is 0 Å². The molecule has 0 saturated carbocycles. The van der Waals surface area contributed by atoms with Gasteiger partial charge in [-0.2, -0.15) is 4.39 Å². The molecular weight excluding hydrogens is 448 g/mol. The van der Waals surface area contributed by atoms with Gasteiger partial charge in [0.1, 0.15) is 17.3 Å². The number of amides is 1. The number of pyridine rings is 1. The van der Waals surface area contributed by atoms with Crippen LogP contribution in [0.15, 0.2) is 54.6 Å². The summed E-state index contributed by atoms with van der Waals surface area (Å²) in [5.41, 5.74) is 6.55. The standard InChI is InChI=1S/C19H15FIN3O2/c1-11-8-16(18(22)24-17(11)20)19(25)23-13-5-3-7-15(10-13)26-14-6-2-4-12(21)9-14/h2-10H,1H3,(H2,22,24)(H,23,25). The van der Waals surface area contributed by atoms with Gasteiger partial charge < -0.3 is 15.8 Å². The Morgan fingerprint density at radius 3 is 2.58 bits per heavy atom. The van der Waals surface area contributed by atoms with E-state index < -0.39 is 11.9 Å². The van der Waals surface area contributed by atoms with Gasteiger partial charge in [0.15, 0.2) is 0 Å². The summed E-state index contributed by atoms with van der Waals surface area (Å²) in [7, 11) is 0. The number of nitrogens with one attached hydrogen (secondary N) is 1. The summed E-state index contributed by atoms with van der Waals surface area (Å²) in [6, 6.07) is 15.9. The number of nitrogens with two attached hydrogens (primary N) is 1. The zero-order valence-electron chi connectivity index (χ0n) is 13.8. The van der Waals surface area contributed by atoms with E-state index in [2.05, 4.69) is 32.9 Å². The number of aromatic nitrogens is 1. The lowest BCUT2D eigenvalue weighted by Crippen LogP contribution is -2.16. The highest BCUT2D eigenvalue weighted by Crippen LogP contribution is 2.26. The van der Waals surface area contributed by atoms with Crippen LogP contribution in [0.4, 0.5) is 15.9 Å². The molecule has 0 radical (unpaired) electrons. The number of carbonyl (C=O) groups is 1. The molecule has 0 bridgehead atoms. The largest absolute Gasteiger partial charge is 0.457 e. The SMILES string of the molecule is Cc1cc(C(=O)Nc2cccc(Oc3cccc(I)c3)c2)c(N)nc1F. The van der Waals surface area contributed by atoms with Gasteiger partial charge in [0, 0.05) is 20.9 Å². The molecule has 3 rings (SSSR count). The molecule has 1 heterocycles. The zero-order chi connectivity index (χ0) is 18.7. The van der Waals surface area contributed by atoms with E-state index in [-0.39, 0.29) is 16.9 Å². The first-order chi connectivity index (χ1) is 12.4. The van der Waals surface area contributed by atoms with Crippen molar-refractivity contribution in [2.45, 2.75) is 6.92 Å². The Morgan fingerprint density at radius 1 is 1.15 bits per heavy atom. The van der Waals surface area contributed by atoms with Crippen LogP contribution < -0.4 is 15.8 Å². The van der Waals surface area contributed by atoms with Crippen LogP contribution in [0, 0.1) is 16.4 Å². The topological polar surface area (TPSA) is 77.2 Å². The lowest BCUT2D eigenvalue weighted by molar-refractivity contribution is 0.102. The normalized spacial score (nSPS) is 10.4. The number of anilines is 2. The molecule has 3 N–H and O–H groups in total. The third-order valence-electron chi connectivity index (χ3n) is 3.55. The molecule has 7 heteroatoms. The summed E-state index contributed by atoms with van der Waals surface area (Å²) in [4.78, 5) is 16.0. The Balaban J connectivity index is 1.78. The van der Waals surface area contributed by atoms with Crippen LogP contribution >= 0.6 is 22.6 Å². The molecule has 0 fully saturated rings. The summed E-state index contributed by atoms with van der Waals surface area (Å²) in [6.45, 7) is 1.52. The summed E-state index contributed by atoms with van der Waals surface area (Å²) in [6.07, 6.45) is 0. The predicted molar refractivity (Wildman–Crippen MR) is 107 cm³/mol. The number of hydrogen-bond donors (Lipinski definition) is 2. The van der Waals surface area contributed by atoms with Crippen LogP contribution in [0.25, 0.3) is 0 Å². The van der Waals surface area contributed by atoms with Crippen LogP contribution in [-0.2, 0) is 0 Å². The molecule has 1 amide bonds. The van der Waals surface area contributed by atoms with Crippen LogP contribution in [0.2, 0.25) is 0 Å². The van der Waals surface area contributed by atoms with E-state index in [9.17, 15) is 9.18 Å². The lowest BCUT2D eigenvalue weighted by Gasteiger charge is -2.10. The second kappa shape index (κ2) is 7.69. The fourth-order valence-corrected chi connectivity index (χ4v) is 2.80.